The van der Waals surface area contributed by atoms with E-state index >= 15 is 0 Å². The molecular weight excluding hydrogens is 178 g/mol. The van der Waals surface area contributed by atoms with Gasteiger partial charge in [0.15, 0.2) is 23.1 Å². The minimum atomic E-state index is -1.04. The van der Waals surface area contributed by atoms with Gasteiger partial charge in [-0.3, -0.25) is 0 Å². The molecule has 2 N–H and O–H groups in total. The van der Waals surface area contributed by atoms with Crippen LogP contribution in [0.15, 0.2) is 6.07 Å². The number of aromatic hydroxyl groups is 2. The summed E-state index contributed by atoms with van der Waals surface area (Å²) in [5.74, 6) is -4.29. The Bertz CT molecular complexity index is 335. The van der Waals surface area contributed by atoms with Crippen LogP contribution in [-0.2, 0) is 0 Å². The van der Waals surface area contributed by atoms with Crippen LogP contribution in [0, 0.1) is 11.6 Å². The summed E-state index contributed by atoms with van der Waals surface area (Å²) in [4.78, 5) is 0. The van der Waals surface area contributed by atoms with Crippen LogP contribution < -0.4 is 0 Å². The SMILES string of the molecule is CC(C)c1cc(F)c(O)c(O)c1F. The Kier molecular flexibility index (Phi) is 2.40. The number of phenols is 2. The van der Waals surface area contributed by atoms with Crippen LogP contribution in [0.1, 0.15) is 25.3 Å². The fraction of sp³-hybridized carbons (Fsp3) is 0.333. The molecule has 0 radical (unpaired) electrons. The zero-order valence-electron chi connectivity index (χ0n) is 7.31. The van der Waals surface area contributed by atoms with E-state index < -0.39 is 23.1 Å². The number of rotatable bonds is 1. The van der Waals surface area contributed by atoms with Crippen molar-refractivity contribution in [3.63, 3.8) is 0 Å². The van der Waals surface area contributed by atoms with Crippen LogP contribution in [-0.4, -0.2) is 10.2 Å². The quantitative estimate of drug-likeness (QED) is 0.665. The molecule has 0 aliphatic carbocycles. The zero-order valence-corrected chi connectivity index (χ0v) is 7.31. The summed E-state index contributed by atoms with van der Waals surface area (Å²) in [6.07, 6.45) is 0. The minimum Gasteiger partial charge on any atom is -0.502 e. The summed E-state index contributed by atoms with van der Waals surface area (Å²) in [5.41, 5.74) is 0.0489. The van der Waals surface area contributed by atoms with Crippen molar-refractivity contribution < 1.29 is 19.0 Å². The topological polar surface area (TPSA) is 40.5 Å². The molecule has 2 nitrogen and oxygen atoms in total. The van der Waals surface area contributed by atoms with Gasteiger partial charge in [0.25, 0.3) is 0 Å². The van der Waals surface area contributed by atoms with Gasteiger partial charge in [0.2, 0.25) is 0 Å². The number of hydrogen-bond donors (Lipinski definition) is 2. The standard InChI is InChI=1S/C9H10F2O2/c1-4(2)5-3-6(10)8(12)9(13)7(5)11/h3-4,12-13H,1-2H3. The lowest BCUT2D eigenvalue weighted by Crippen LogP contribution is -1.95. The van der Waals surface area contributed by atoms with Gasteiger partial charge in [-0.2, -0.15) is 0 Å². The Morgan fingerprint density at radius 3 is 2.15 bits per heavy atom. The largest absolute Gasteiger partial charge is 0.502 e. The average Bonchev–Trinajstić information content (AvgIpc) is 2.07. The maximum atomic E-state index is 13.1. The van der Waals surface area contributed by atoms with E-state index in [1.807, 2.05) is 0 Å². The molecule has 1 rings (SSSR count). The van der Waals surface area contributed by atoms with Crippen molar-refractivity contribution >= 4 is 0 Å². The lowest BCUT2D eigenvalue weighted by Gasteiger charge is -2.09. The Morgan fingerprint density at radius 2 is 1.69 bits per heavy atom. The second-order valence-corrected chi connectivity index (χ2v) is 3.11. The lowest BCUT2D eigenvalue weighted by molar-refractivity contribution is 0.355. The summed E-state index contributed by atoms with van der Waals surface area (Å²) in [5, 5.41) is 17.8. The molecule has 0 unspecified atom stereocenters. The third-order valence-corrected chi connectivity index (χ3v) is 1.82. The van der Waals surface area contributed by atoms with Crippen LogP contribution in [0.25, 0.3) is 0 Å². The molecule has 0 bridgehead atoms. The predicted octanol–water partition coefficient (Wildman–Crippen LogP) is 2.50. The lowest BCUT2D eigenvalue weighted by atomic mass is 10.0. The van der Waals surface area contributed by atoms with E-state index in [2.05, 4.69) is 0 Å². The van der Waals surface area contributed by atoms with Crippen molar-refractivity contribution in [2.24, 2.45) is 0 Å². The summed E-state index contributed by atoms with van der Waals surface area (Å²) < 4.78 is 25.9. The highest BCUT2D eigenvalue weighted by Crippen LogP contribution is 2.35. The van der Waals surface area contributed by atoms with Crippen LogP contribution in [0.5, 0.6) is 11.5 Å². The van der Waals surface area contributed by atoms with Gasteiger partial charge in [0.1, 0.15) is 0 Å². The zero-order chi connectivity index (χ0) is 10.2. The molecule has 0 aliphatic rings. The van der Waals surface area contributed by atoms with Crippen molar-refractivity contribution in [3.05, 3.63) is 23.3 Å². The molecule has 0 aliphatic heterocycles. The molecular formula is C9H10F2O2. The van der Waals surface area contributed by atoms with Crippen molar-refractivity contribution in [3.8, 4) is 11.5 Å². The highest BCUT2D eigenvalue weighted by atomic mass is 19.1. The Balaban J connectivity index is 3.41. The van der Waals surface area contributed by atoms with E-state index in [0.717, 1.165) is 6.07 Å². The van der Waals surface area contributed by atoms with E-state index in [-0.39, 0.29) is 11.5 Å². The molecule has 0 spiro atoms. The predicted molar refractivity (Wildman–Crippen MR) is 43.8 cm³/mol. The van der Waals surface area contributed by atoms with E-state index in [1.165, 1.54) is 0 Å². The van der Waals surface area contributed by atoms with Crippen molar-refractivity contribution in [1.82, 2.24) is 0 Å². The number of benzene rings is 1. The number of halogens is 2. The molecule has 0 heterocycles. The first kappa shape index (κ1) is 9.77. The summed E-state index contributed by atoms with van der Waals surface area (Å²) >= 11 is 0. The minimum absolute atomic E-state index is 0.0489. The monoisotopic (exact) mass is 188 g/mol. The van der Waals surface area contributed by atoms with Gasteiger partial charge in [-0.05, 0) is 17.5 Å². The van der Waals surface area contributed by atoms with E-state index in [4.69, 9.17) is 10.2 Å². The highest BCUT2D eigenvalue weighted by Gasteiger charge is 2.18. The van der Waals surface area contributed by atoms with Crippen LogP contribution >= 0.6 is 0 Å². The van der Waals surface area contributed by atoms with Crippen LogP contribution in [0.4, 0.5) is 8.78 Å². The third kappa shape index (κ3) is 1.56. The maximum Gasteiger partial charge on any atom is 0.197 e. The van der Waals surface area contributed by atoms with E-state index in [0.29, 0.717) is 0 Å². The molecule has 4 heteroatoms. The van der Waals surface area contributed by atoms with Gasteiger partial charge in [0.05, 0.1) is 0 Å². The first-order valence-electron chi connectivity index (χ1n) is 3.85. The normalized spacial score (nSPS) is 10.8. The molecule has 13 heavy (non-hydrogen) atoms. The molecule has 0 atom stereocenters. The first-order chi connectivity index (χ1) is 5.95. The number of hydrogen-bond acceptors (Lipinski definition) is 2. The maximum absolute atomic E-state index is 13.1. The molecule has 0 aromatic heterocycles. The average molecular weight is 188 g/mol. The van der Waals surface area contributed by atoms with Gasteiger partial charge in [-0.15, -0.1) is 0 Å². The molecule has 0 saturated carbocycles. The molecule has 1 aromatic carbocycles. The van der Waals surface area contributed by atoms with Gasteiger partial charge in [0, 0.05) is 0 Å². The van der Waals surface area contributed by atoms with E-state index in [9.17, 15) is 8.78 Å². The van der Waals surface area contributed by atoms with Crippen LogP contribution in [0.3, 0.4) is 0 Å². The Morgan fingerprint density at radius 1 is 1.15 bits per heavy atom. The van der Waals surface area contributed by atoms with Gasteiger partial charge in [-0.25, -0.2) is 8.78 Å². The van der Waals surface area contributed by atoms with E-state index in [1.54, 1.807) is 13.8 Å². The molecule has 0 saturated heterocycles. The summed E-state index contributed by atoms with van der Waals surface area (Å²) in [7, 11) is 0. The molecule has 0 fully saturated rings. The van der Waals surface area contributed by atoms with Gasteiger partial charge >= 0.3 is 0 Å². The van der Waals surface area contributed by atoms with Crippen molar-refractivity contribution in [2.75, 3.05) is 0 Å². The second-order valence-electron chi connectivity index (χ2n) is 3.11. The molecule has 72 valence electrons. The summed E-state index contributed by atoms with van der Waals surface area (Å²) in [6, 6.07) is 0.884. The smallest absolute Gasteiger partial charge is 0.197 e. The third-order valence-electron chi connectivity index (χ3n) is 1.82. The fourth-order valence-electron chi connectivity index (χ4n) is 1.04. The number of phenolic OH excluding ortho intramolecular Hbond substituents is 2. The van der Waals surface area contributed by atoms with Crippen molar-refractivity contribution in [1.29, 1.82) is 0 Å². The van der Waals surface area contributed by atoms with Gasteiger partial charge in [-0.1, -0.05) is 13.8 Å². The summed E-state index contributed by atoms with van der Waals surface area (Å²) in [6.45, 7) is 3.32. The first-order valence-corrected chi connectivity index (χ1v) is 3.85. The molecule has 1 aromatic rings. The van der Waals surface area contributed by atoms with Crippen LogP contribution in [0.2, 0.25) is 0 Å². The van der Waals surface area contributed by atoms with Gasteiger partial charge < -0.3 is 10.2 Å². The second kappa shape index (κ2) is 3.20. The fourth-order valence-corrected chi connectivity index (χ4v) is 1.04. The molecule has 0 amide bonds. The Hall–Kier alpha value is -1.32. The Labute approximate surface area is 74.4 Å². The highest BCUT2D eigenvalue weighted by molar-refractivity contribution is 5.44. The van der Waals surface area contributed by atoms with Crippen molar-refractivity contribution in [2.45, 2.75) is 19.8 Å².